The molecular formula is C26H29N5O2. The Morgan fingerprint density at radius 3 is 2.61 bits per heavy atom. The molecular weight excluding hydrogens is 414 g/mol. The molecule has 170 valence electrons. The number of aromatic nitrogens is 3. The lowest BCUT2D eigenvalue weighted by molar-refractivity contribution is 0.0256. The van der Waals surface area contributed by atoms with Crippen LogP contribution in [0.4, 0.5) is 5.69 Å². The Morgan fingerprint density at radius 1 is 0.909 bits per heavy atom. The van der Waals surface area contributed by atoms with Crippen LogP contribution in [0, 0.1) is 0 Å². The second kappa shape index (κ2) is 8.65. The first-order valence-electron chi connectivity index (χ1n) is 11.9. The van der Waals surface area contributed by atoms with Gasteiger partial charge in [0.05, 0.1) is 29.8 Å². The highest BCUT2D eigenvalue weighted by Gasteiger charge is 2.18. The normalized spacial score (nSPS) is 18.3. The standard InChI is InChI=1S/C26H29N5O2/c27-19-7-11-30(12-8-19)20-2-4-23-18(15-20)1-6-26(29-23)31-17-28-24-16-22(3-5-25(24)31)33-21-9-13-32-14-10-21/h1-6,15-17,19,21H,7-14,27H2. The fraction of sp³-hybridized carbons (Fsp3) is 0.385. The average molecular weight is 444 g/mol. The highest BCUT2D eigenvalue weighted by atomic mass is 16.5. The Bertz CT molecular complexity index is 1270. The van der Waals surface area contributed by atoms with Crippen molar-refractivity contribution in [1.29, 1.82) is 0 Å². The summed E-state index contributed by atoms with van der Waals surface area (Å²) in [7, 11) is 0. The van der Waals surface area contributed by atoms with Crippen molar-refractivity contribution in [3.8, 4) is 11.6 Å². The summed E-state index contributed by atoms with van der Waals surface area (Å²) in [6.45, 7) is 3.56. The van der Waals surface area contributed by atoms with E-state index < -0.39 is 0 Å². The molecule has 2 aromatic heterocycles. The van der Waals surface area contributed by atoms with Crippen LogP contribution in [0.5, 0.6) is 5.75 Å². The van der Waals surface area contributed by atoms with Gasteiger partial charge in [-0.15, -0.1) is 0 Å². The van der Waals surface area contributed by atoms with Gasteiger partial charge < -0.3 is 20.1 Å². The smallest absolute Gasteiger partial charge is 0.139 e. The summed E-state index contributed by atoms with van der Waals surface area (Å²) in [5.74, 6) is 1.72. The van der Waals surface area contributed by atoms with Crippen molar-refractivity contribution >= 4 is 27.6 Å². The molecule has 2 saturated heterocycles. The quantitative estimate of drug-likeness (QED) is 0.513. The van der Waals surface area contributed by atoms with Crippen molar-refractivity contribution in [2.45, 2.75) is 37.8 Å². The van der Waals surface area contributed by atoms with E-state index in [0.29, 0.717) is 6.04 Å². The number of hydrogen-bond acceptors (Lipinski definition) is 6. The molecule has 7 heteroatoms. The number of rotatable bonds is 4. The molecule has 7 nitrogen and oxygen atoms in total. The van der Waals surface area contributed by atoms with Crippen LogP contribution < -0.4 is 15.4 Å². The minimum atomic E-state index is 0.215. The van der Waals surface area contributed by atoms with Gasteiger partial charge in [-0.25, -0.2) is 9.97 Å². The van der Waals surface area contributed by atoms with Gasteiger partial charge in [-0.1, -0.05) is 0 Å². The van der Waals surface area contributed by atoms with Gasteiger partial charge in [0.25, 0.3) is 0 Å². The van der Waals surface area contributed by atoms with E-state index in [9.17, 15) is 0 Å². The van der Waals surface area contributed by atoms with E-state index in [2.05, 4.69) is 46.3 Å². The number of imidazole rings is 1. The second-order valence-electron chi connectivity index (χ2n) is 9.07. The lowest BCUT2D eigenvalue weighted by atomic mass is 10.0. The van der Waals surface area contributed by atoms with E-state index in [0.717, 1.165) is 85.5 Å². The Labute approximate surface area is 193 Å². The Morgan fingerprint density at radius 2 is 1.76 bits per heavy atom. The van der Waals surface area contributed by atoms with Crippen molar-refractivity contribution in [2.24, 2.45) is 5.73 Å². The fourth-order valence-corrected chi connectivity index (χ4v) is 4.83. The average Bonchev–Trinajstić information content (AvgIpc) is 3.28. The van der Waals surface area contributed by atoms with Crippen LogP contribution in [0.2, 0.25) is 0 Å². The largest absolute Gasteiger partial charge is 0.490 e. The van der Waals surface area contributed by atoms with Gasteiger partial charge in [0.1, 0.15) is 24.0 Å². The summed E-state index contributed by atoms with van der Waals surface area (Å²) in [5, 5.41) is 1.14. The Balaban J connectivity index is 1.25. The monoisotopic (exact) mass is 443 g/mol. The molecule has 0 radical (unpaired) electrons. The number of fused-ring (bicyclic) bond motifs is 2. The van der Waals surface area contributed by atoms with Crippen LogP contribution in [0.15, 0.2) is 54.9 Å². The molecule has 0 amide bonds. The van der Waals surface area contributed by atoms with Gasteiger partial charge in [-0.2, -0.15) is 0 Å². The summed E-state index contributed by atoms with van der Waals surface area (Å²) in [6.07, 6.45) is 6.01. The van der Waals surface area contributed by atoms with Crippen molar-refractivity contribution in [2.75, 3.05) is 31.2 Å². The number of anilines is 1. The van der Waals surface area contributed by atoms with Gasteiger partial charge in [-0.05, 0) is 55.3 Å². The Kier molecular flexibility index (Phi) is 5.36. The van der Waals surface area contributed by atoms with Gasteiger partial charge in [0.15, 0.2) is 0 Å². The number of nitrogens with zero attached hydrogens (tertiary/aromatic N) is 4. The van der Waals surface area contributed by atoms with E-state index in [4.69, 9.17) is 20.2 Å². The van der Waals surface area contributed by atoms with Crippen LogP contribution in [0.1, 0.15) is 25.7 Å². The van der Waals surface area contributed by atoms with Crippen LogP contribution in [0.25, 0.3) is 27.8 Å². The zero-order chi connectivity index (χ0) is 22.2. The van der Waals surface area contributed by atoms with Gasteiger partial charge in [0, 0.05) is 49.1 Å². The molecule has 2 aliphatic heterocycles. The maximum atomic E-state index is 6.15. The van der Waals surface area contributed by atoms with Gasteiger partial charge in [0.2, 0.25) is 0 Å². The van der Waals surface area contributed by atoms with Gasteiger partial charge in [-0.3, -0.25) is 4.57 Å². The number of hydrogen-bond donors (Lipinski definition) is 1. The minimum Gasteiger partial charge on any atom is -0.490 e. The summed E-state index contributed by atoms with van der Waals surface area (Å²) < 4.78 is 13.6. The third-order valence-corrected chi connectivity index (χ3v) is 6.80. The number of ether oxygens (including phenoxy) is 2. The Hall–Kier alpha value is -3.16. The first kappa shape index (κ1) is 20.4. The maximum absolute atomic E-state index is 6.15. The molecule has 6 rings (SSSR count). The molecule has 0 atom stereocenters. The molecule has 0 bridgehead atoms. The van der Waals surface area contributed by atoms with Crippen LogP contribution in [-0.4, -0.2) is 53.0 Å². The molecule has 4 aromatic rings. The first-order valence-corrected chi connectivity index (χ1v) is 11.9. The number of piperidine rings is 1. The van der Waals surface area contributed by atoms with E-state index in [-0.39, 0.29) is 6.10 Å². The molecule has 0 saturated carbocycles. The molecule has 2 aromatic carbocycles. The summed E-state index contributed by atoms with van der Waals surface area (Å²) in [5.41, 5.74) is 10.2. The minimum absolute atomic E-state index is 0.215. The zero-order valence-corrected chi connectivity index (χ0v) is 18.7. The third-order valence-electron chi connectivity index (χ3n) is 6.80. The lowest BCUT2D eigenvalue weighted by Crippen LogP contribution is -2.39. The van der Waals surface area contributed by atoms with E-state index in [1.54, 1.807) is 0 Å². The topological polar surface area (TPSA) is 78.4 Å². The van der Waals surface area contributed by atoms with Crippen molar-refractivity contribution in [3.05, 3.63) is 54.9 Å². The van der Waals surface area contributed by atoms with Crippen molar-refractivity contribution in [1.82, 2.24) is 14.5 Å². The van der Waals surface area contributed by atoms with Crippen molar-refractivity contribution in [3.63, 3.8) is 0 Å². The molecule has 2 N–H and O–H groups in total. The van der Waals surface area contributed by atoms with Crippen LogP contribution >= 0.6 is 0 Å². The maximum Gasteiger partial charge on any atom is 0.139 e. The molecule has 0 spiro atoms. The first-order chi connectivity index (χ1) is 16.2. The second-order valence-corrected chi connectivity index (χ2v) is 9.07. The molecule has 2 fully saturated rings. The summed E-state index contributed by atoms with van der Waals surface area (Å²) in [6, 6.07) is 17.1. The predicted molar refractivity (Wildman–Crippen MR) is 130 cm³/mol. The molecule has 0 unspecified atom stereocenters. The van der Waals surface area contributed by atoms with Crippen molar-refractivity contribution < 1.29 is 9.47 Å². The highest BCUT2D eigenvalue weighted by Crippen LogP contribution is 2.27. The predicted octanol–water partition coefficient (Wildman–Crippen LogP) is 4.06. The molecule has 4 heterocycles. The van der Waals surface area contributed by atoms with Crippen LogP contribution in [-0.2, 0) is 4.74 Å². The third kappa shape index (κ3) is 4.14. The number of benzene rings is 2. The molecule has 2 aliphatic rings. The van der Waals surface area contributed by atoms with E-state index >= 15 is 0 Å². The number of nitrogens with two attached hydrogens (primary N) is 1. The SMILES string of the molecule is NC1CCN(c2ccc3nc(-n4cnc5cc(OC6CCOCC6)ccc54)ccc3c2)CC1. The zero-order valence-electron chi connectivity index (χ0n) is 18.7. The molecule has 0 aliphatic carbocycles. The fourth-order valence-electron chi connectivity index (χ4n) is 4.83. The highest BCUT2D eigenvalue weighted by molar-refractivity contribution is 5.84. The summed E-state index contributed by atoms with van der Waals surface area (Å²) in [4.78, 5) is 11.9. The van der Waals surface area contributed by atoms with Gasteiger partial charge >= 0.3 is 0 Å². The number of pyridine rings is 1. The summed E-state index contributed by atoms with van der Waals surface area (Å²) >= 11 is 0. The van der Waals surface area contributed by atoms with E-state index in [1.807, 2.05) is 23.0 Å². The van der Waals surface area contributed by atoms with Crippen LogP contribution in [0.3, 0.4) is 0 Å². The van der Waals surface area contributed by atoms with E-state index in [1.165, 1.54) is 5.69 Å². The lowest BCUT2D eigenvalue weighted by Gasteiger charge is -2.32. The molecule has 33 heavy (non-hydrogen) atoms.